The Balaban J connectivity index is 1.79. The van der Waals surface area contributed by atoms with E-state index >= 15 is 0 Å². The minimum atomic E-state index is -0.287. The van der Waals surface area contributed by atoms with Gasteiger partial charge in [0.15, 0.2) is 0 Å². The first-order valence-electron chi connectivity index (χ1n) is 7.78. The largest absolute Gasteiger partial charge is 0.369 e. The number of carbonyl (C=O) groups excluding carboxylic acids is 2. The molecule has 1 aliphatic carbocycles. The summed E-state index contributed by atoms with van der Waals surface area (Å²) in [5, 5.41) is 0. The van der Waals surface area contributed by atoms with Gasteiger partial charge in [0, 0.05) is 17.5 Å². The summed E-state index contributed by atoms with van der Waals surface area (Å²) < 4.78 is 0. The highest BCUT2D eigenvalue weighted by Gasteiger charge is 2.33. The van der Waals surface area contributed by atoms with E-state index in [9.17, 15) is 9.59 Å². The molecule has 4 nitrogen and oxygen atoms in total. The quantitative estimate of drug-likeness (QED) is 0.911. The van der Waals surface area contributed by atoms with Crippen molar-refractivity contribution in [1.82, 2.24) is 4.90 Å². The van der Waals surface area contributed by atoms with Crippen LogP contribution < -0.4 is 5.73 Å². The van der Waals surface area contributed by atoms with E-state index in [1.54, 1.807) is 11.3 Å². The molecule has 2 aliphatic rings. The summed E-state index contributed by atoms with van der Waals surface area (Å²) in [6.07, 6.45) is 6.29. The minimum Gasteiger partial charge on any atom is -0.369 e. The van der Waals surface area contributed by atoms with Crippen LogP contribution in [0.4, 0.5) is 0 Å². The van der Waals surface area contributed by atoms with Crippen LogP contribution in [0.2, 0.25) is 0 Å². The Morgan fingerprint density at radius 1 is 1.29 bits per heavy atom. The number of aryl methyl sites for hydroxylation is 2. The van der Waals surface area contributed by atoms with Crippen molar-refractivity contribution in [2.24, 2.45) is 11.7 Å². The topological polar surface area (TPSA) is 63.4 Å². The molecule has 2 heterocycles. The number of primary amides is 1. The lowest BCUT2D eigenvalue weighted by atomic mass is 9.92. The number of amides is 2. The number of piperidine rings is 1. The van der Waals surface area contributed by atoms with E-state index in [0.717, 1.165) is 30.6 Å². The monoisotopic (exact) mass is 306 g/mol. The lowest BCUT2D eigenvalue weighted by Gasteiger charge is -2.36. The zero-order valence-electron chi connectivity index (χ0n) is 12.4. The Hall–Kier alpha value is -1.36. The molecule has 2 atom stereocenters. The third-order valence-electron chi connectivity index (χ3n) is 4.75. The van der Waals surface area contributed by atoms with Crippen molar-refractivity contribution >= 4 is 23.2 Å². The molecule has 1 aliphatic heterocycles. The maximum Gasteiger partial charge on any atom is 0.264 e. The molecule has 1 aromatic heterocycles. The highest BCUT2D eigenvalue weighted by molar-refractivity contribution is 7.14. The van der Waals surface area contributed by atoms with Gasteiger partial charge in [0.05, 0.1) is 10.8 Å². The number of rotatable bonds is 2. The van der Waals surface area contributed by atoms with Crippen molar-refractivity contribution in [3.63, 3.8) is 0 Å². The van der Waals surface area contributed by atoms with E-state index in [1.807, 2.05) is 4.90 Å². The fourth-order valence-corrected chi connectivity index (χ4v) is 4.57. The highest BCUT2D eigenvalue weighted by atomic mass is 32.1. The van der Waals surface area contributed by atoms with E-state index in [0.29, 0.717) is 6.54 Å². The summed E-state index contributed by atoms with van der Waals surface area (Å²) in [7, 11) is 0. The zero-order chi connectivity index (χ0) is 15.0. The predicted octanol–water partition coefficient (Wildman–Crippen LogP) is 2.35. The van der Waals surface area contributed by atoms with E-state index in [4.69, 9.17) is 5.73 Å². The summed E-state index contributed by atoms with van der Waals surface area (Å²) in [5.74, 6) is -0.405. The van der Waals surface area contributed by atoms with Gasteiger partial charge in [-0.3, -0.25) is 9.59 Å². The van der Waals surface area contributed by atoms with Crippen LogP contribution >= 0.6 is 11.3 Å². The van der Waals surface area contributed by atoms with Gasteiger partial charge in [-0.1, -0.05) is 0 Å². The average Bonchev–Trinajstić information content (AvgIpc) is 2.90. The van der Waals surface area contributed by atoms with Crippen LogP contribution in [-0.2, 0) is 17.6 Å². The van der Waals surface area contributed by atoms with Crippen LogP contribution in [0.25, 0.3) is 0 Å². The summed E-state index contributed by atoms with van der Waals surface area (Å²) in [6, 6.07) is 2.26. The molecule has 1 saturated heterocycles. The van der Waals surface area contributed by atoms with Crippen molar-refractivity contribution in [3.8, 4) is 0 Å². The minimum absolute atomic E-state index is 0.0767. The number of fused-ring (bicyclic) bond motifs is 1. The first-order chi connectivity index (χ1) is 10.1. The Morgan fingerprint density at radius 2 is 2.05 bits per heavy atom. The molecule has 0 saturated carbocycles. The molecule has 0 spiro atoms. The Labute approximate surface area is 129 Å². The molecule has 3 rings (SSSR count). The molecular formula is C16H22N2O2S. The molecular weight excluding hydrogens is 284 g/mol. The Bertz CT molecular complexity index is 543. The van der Waals surface area contributed by atoms with E-state index in [-0.39, 0.29) is 23.8 Å². The van der Waals surface area contributed by atoms with Gasteiger partial charge < -0.3 is 10.6 Å². The number of hydrogen-bond donors (Lipinski definition) is 1. The van der Waals surface area contributed by atoms with Crippen molar-refractivity contribution in [1.29, 1.82) is 0 Å². The smallest absolute Gasteiger partial charge is 0.264 e. The van der Waals surface area contributed by atoms with E-state index < -0.39 is 0 Å². The van der Waals surface area contributed by atoms with Crippen LogP contribution in [-0.4, -0.2) is 29.3 Å². The normalized spacial score (nSPS) is 25.5. The van der Waals surface area contributed by atoms with Gasteiger partial charge in [-0.25, -0.2) is 0 Å². The zero-order valence-corrected chi connectivity index (χ0v) is 13.2. The van der Waals surface area contributed by atoms with E-state index in [2.05, 4.69) is 13.0 Å². The van der Waals surface area contributed by atoms with Gasteiger partial charge in [0.1, 0.15) is 0 Å². The van der Waals surface area contributed by atoms with Crippen molar-refractivity contribution in [2.75, 3.05) is 6.54 Å². The second-order valence-electron chi connectivity index (χ2n) is 6.25. The number of nitrogens with two attached hydrogens (primary N) is 1. The lowest BCUT2D eigenvalue weighted by molar-refractivity contribution is -0.123. The van der Waals surface area contributed by atoms with Crippen LogP contribution in [0.15, 0.2) is 6.07 Å². The molecule has 114 valence electrons. The molecule has 1 aromatic rings. The third kappa shape index (κ3) is 2.84. The van der Waals surface area contributed by atoms with Crippen molar-refractivity contribution in [2.45, 2.75) is 51.5 Å². The van der Waals surface area contributed by atoms with Crippen molar-refractivity contribution in [3.05, 3.63) is 21.4 Å². The van der Waals surface area contributed by atoms with Gasteiger partial charge in [-0.15, -0.1) is 11.3 Å². The van der Waals surface area contributed by atoms with Crippen LogP contribution in [0.3, 0.4) is 0 Å². The molecule has 2 amide bonds. The maximum absolute atomic E-state index is 12.8. The van der Waals surface area contributed by atoms with Gasteiger partial charge in [-0.05, 0) is 57.1 Å². The van der Waals surface area contributed by atoms with E-state index in [1.165, 1.54) is 23.3 Å². The molecule has 0 bridgehead atoms. The van der Waals surface area contributed by atoms with Gasteiger partial charge in [0.2, 0.25) is 5.91 Å². The second kappa shape index (κ2) is 5.79. The molecule has 5 heteroatoms. The molecule has 2 N–H and O–H groups in total. The fraction of sp³-hybridized carbons (Fsp3) is 0.625. The molecule has 1 fully saturated rings. The van der Waals surface area contributed by atoms with Crippen LogP contribution in [0, 0.1) is 5.92 Å². The molecule has 0 radical (unpaired) electrons. The van der Waals surface area contributed by atoms with Gasteiger partial charge in [0.25, 0.3) is 5.91 Å². The summed E-state index contributed by atoms with van der Waals surface area (Å²) >= 11 is 1.64. The average molecular weight is 306 g/mol. The summed E-state index contributed by atoms with van der Waals surface area (Å²) in [6.45, 7) is 2.53. The maximum atomic E-state index is 12.8. The summed E-state index contributed by atoms with van der Waals surface area (Å²) in [4.78, 5) is 28.2. The number of hydrogen-bond acceptors (Lipinski definition) is 3. The first-order valence-corrected chi connectivity index (χ1v) is 8.59. The Morgan fingerprint density at radius 3 is 2.76 bits per heavy atom. The molecule has 21 heavy (non-hydrogen) atoms. The molecule has 0 unspecified atom stereocenters. The van der Waals surface area contributed by atoms with Crippen LogP contribution in [0.5, 0.6) is 0 Å². The highest BCUT2D eigenvalue weighted by Crippen LogP contribution is 2.32. The number of thiophene rings is 1. The Kier molecular flexibility index (Phi) is 4.02. The third-order valence-corrected chi connectivity index (χ3v) is 5.98. The van der Waals surface area contributed by atoms with Gasteiger partial charge >= 0.3 is 0 Å². The second-order valence-corrected chi connectivity index (χ2v) is 7.39. The number of likely N-dealkylation sites (tertiary alicyclic amines) is 1. The standard InChI is InChI=1S/C16H22N2O2S/c1-10-6-7-12(15(17)19)9-18(10)16(20)14-8-11-4-2-3-5-13(11)21-14/h8,10,12H,2-7,9H2,1H3,(H2,17,19)/t10-,12+/m0/s1. The number of nitrogens with zero attached hydrogens (tertiary/aromatic N) is 1. The number of carbonyl (C=O) groups is 2. The lowest BCUT2D eigenvalue weighted by Crippen LogP contribution is -2.48. The van der Waals surface area contributed by atoms with Gasteiger partial charge in [-0.2, -0.15) is 0 Å². The molecule has 0 aromatic carbocycles. The van der Waals surface area contributed by atoms with Crippen molar-refractivity contribution < 1.29 is 9.59 Å². The van der Waals surface area contributed by atoms with Crippen LogP contribution in [0.1, 0.15) is 52.7 Å². The predicted molar refractivity (Wildman–Crippen MR) is 83.4 cm³/mol. The SMILES string of the molecule is C[C@H]1CC[C@@H](C(N)=O)CN1C(=O)c1cc2c(s1)CCCC2. The fourth-order valence-electron chi connectivity index (χ4n) is 3.36. The summed E-state index contributed by atoms with van der Waals surface area (Å²) in [5.41, 5.74) is 6.77. The first kappa shape index (κ1) is 14.6.